The fourth-order valence-corrected chi connectivity index (χ4v) is 3.12. The number of hydrogen-bond acceptors (Lipinski definition) is 3. The maximum Gasteiger partial charge on any atom is 0.259 e. The number of nitrogens with one attached hydrogen (secondary N) is 2. The average molecular weight is 459 g/mol. The highest BCUT2D eigenvalue weighted by molar-refractivity contribution is 9.10. The van der Waals surface area contributed by atoms with Crippen molar-refractivity contribution in [2.45, 2.75) is 32.6 Å². The van der Waals surface area contributed by atoms with E-state index in [0.717, 1.165) is 23.7 Å². The number of carbonyl (C=O) groups is 2. The van der Waals surface area contributed by atoms with Crippen LogP contribution in [0.2, 0.25) is 0 Å². The highest BCUT2D eigenvalue weighted by atomic mass is 79.9. The molecule has 0 unspecified atom stereocenters. The number of anilines is 1. The fraction of sp³-hybridized carbons (Fsp3) is 0.304. The van der Waals surface area contributed by atoms with Gasteiger partial charge in [0.2, 0.25) is 0 Å². The minimum absolute atomic E-state index is 0.276. The number of unbranched alkanes of at least 4 members (excludes halogenated alkanes) is 3. The lowest BCUT2D eigenvalue weighted by atomic mass is 10.1. The molecule has 0 spiro atoms. The van der Waals surface area contributed by atoms with Crippen LogP contribution in [-0.4, -0.2) is 25.0 Å². The van der Waals surface area contributed by atoms with Gasteiger partial charge in [-0.25, -0.2) is 0 Å². The second-order valence-corrected chi connectivity index (χ2v) is 7.46. The van der Waals surface area contributed by atoms with Gasteiger partial charge in [-0.2, -0.15) is 0 Å². The minimum atomic E-state index is -0.334. The summed E-state index contributed by atoms with van der Waals surface area (Å²) in [6.07, 6.45) is 5.97. The zero-order valence-corrected chi connectivity index (χ0v) is 18.3. The van der Waals surface area contributed by atoms with Crippen LogP contribution < -0.4 is 15.4 Å². The molecule has 2 amide bonds. The summed E-state index contributed by atoms with van der Waals surface area (Å²) in [5.74, 6) is -0.0861. The van der Waals surface area contributed by atoms with E-state index in [-0.39, 0.29) is 11.8 Å². The third-order valence-electron chi connectivity index (χ3n) is 4.27. The molecule has 5 nitrogen and oxygen atoms in total. The predicted molar refractivity (Wildman–Crippen MR) is 121 cm³/mol. The molecule has 0 saturated carbocycles. The molecule has 0 aliphatic rings. The van der Waals surface area contributed by atoms with E-state index in [4.69, 9.17) is 4.74 Å². The topological polar surface area (TPSA) is 67.4 Å². The molecule has 2 aromatic carbocycles. The average Bonchev–Trinajstić information content (AvgIpc) is 2.73. The molecule has 0 aromatic heterocycles. The van der Waals surface area contributed by atoms with E-state index in [1.165, 1.54) is 6.42 Å². The first kappa shape index (κ1) is 22.7. The quantitative estimate of drug-likeness (QED) is 0.341. The van der Waals surface area contributed by atoms with Gasteiger partial charge in [0.15, 0.2) is 0 Å². The minimum Gasteiger partial charge on any atom is -0.493 e. The Hall–Kier alpha value is -2.60. The van der Waals surface area contributed by atoms with Crippen LogP contribution >= 0.6 is 15.9 Å². The zero-order valence-electron chi connectivity index (χ0n) is 16.7. The Morgan fingerprint density at radius 3 is 2.62 bits per heavy atom. The van der Waals surface area contributed by atoms with Gasteiger partial charge in [-0.1, -0.05) is 60.3 Å². The smallest absolute Gasteiger partial charge is 0.259 e. The van der Waals surface area contributed by atoms with Crippen molar-refractivity contribution >= 4 is 33.4 Å². The van der Waals surface area contributed by atoms with Gasteiger partial charge in [-0.15, -0.1) is 6.58 Å². The largest absolute Gasteiger partial charge is 0.493 e. The first-order valence-corrected chi connectivity index (χ1v) is 10.6. The van der Waals surface area contributed by atoms with E-state index >= 15 is 0 Å². The van der Waals surface area contributed by atoms with Crippen molar-refractivity contribution in [3.8, 4) is 5.75 Å². The summed E-state index contributed by atoms with van der Waals surface area (Å²) in [5.41, 5.74) is 1.24. The first-order chi connectivity index (χ1) is 14.1. The zero-order chi connectivity index (χ0) is 21.1. The number of ether oxygens (including phenoxy) is 1. The molecule has 0 aliphatic heterocycles. The molecular formula is C23H27BrN2O3. The van der Waals surface area contributed by atoms with E-state index < -0.39 is 0 Å². The molecule has 0 heterocycles. The first-order valence-electron chi connectivity index (χ1n) is 9.78. The lowest BCUT2D eigenvalue weighted by Gasteiger charge is -2.14. The van der Waals surface area contributed by atoms with Gasteiger partial charge in [0.05, 0.1) is 23.4 Å². The van der Waals surface area contributed by atoms with Gasteiger partial charge in [0.1, 0.15) is 5.75 Å². The predicted octanol–water partition coefficient (Wildman–Crippen LogP) is 5.58. The summed E-state index contributed by atoms with van der Waals surface area (Å²) in [7, 11) is 0. The van der Waals surface area contributed by atoms with Gasteiger partial charge < -0.3 is 15.4 Å². The summed E-state index contributed by atoms with van der Waals surface area (Å²) in [6, 6.07) is 12.2. The van der Waals surface area contributed by atoms with E-state index in [1.807, 2.05) is 6.07 Å². The highest BCUT2D eigenvalue weighted by Gasteiger charge is 2.17. The van der Waals surface area contributed by atoms with Crippen LogP contribution in [0.5, 0.6) is 5.75 Å². The summed E-state index contributed by atoms with van der Waals surface area (Å²) in [4.78, 5) is 25.3. The normalized spacial score (nSPS) is 10.3. The second-order valence-electron chi connectivity index (χ2n) is 6.55. The number of rotatable bonds is 11. The molecule has 2 aromatic rings. The Labute approximate surface area is 180 Å². The van der Waals surface area contributed by atoms with E-state index in [2.05, 4.69) is 40.1 Å². The van der Waals surface area contributed by atoms with Crippen LogP contribution in [0.25, 0.3) is 0 Å². The lowest BCUT2D eigenvalue weighted by molar-refractivity contribution is 0.0959. The Morgan fingerprint density at radius 2 is 1.86 bits per heavy atom. The Kier molecular flexibility index (Phi) is 9.44. The molecule has 154 valence electrons. The third kappa shape index (κ3) is 7.06. The van der Waals surface area contributed by atoms with Crippen LogP contribution in [0.3, 0.4) is 0 Å². The van der Waals surface area contributed by atoms with Gasteiger partial charge in [-0.05, 0) is 36.8 Å². The van der Waals surface area contributed by atoms with Crippen molar-refractivity contribution in [2.75, 3.05) is 18.5 Å². The van der Waals surface area contributed by atoms with E-state index in [1.54, 1.807) is 42.5 Å². The molecule has 0 aliphatic carbocycles. The number of benzene rings is 2. The SMILES string of the molecule is C=CCNC(=O)c1ccccc1NC(=O)c1cc(Br)ccc1OCCCCCC. The van der Waals surface area contributed by atoms with Crippen LogP contribution in [-0.2, 0) is 0 Å². The molecule has 0 fully saturated rings. The molecular weight excluding hydrogens is 432 g/mol. The van der Waals surface area contributed by atoms with Crippen molar-refractivity contribution < 1.29 is 14.3 Å². The molecule has 0 atom stereocenters. The van der Waals surface area contributed by atoms with Gasteiger partial charge in [0.25, 0.3) is 11.8 Å². The monoisotopic (exact) mass is 458 g/mol. The van der Waals surface area contributed by atoms with Gasteiger partial charge >= 0.3 is 0 Å². The number of para-hydroxylation sites is 1. The lowest BCUT2D eigenvalue weighted by Crippen LogP contribution is -2.25. The van der Waals surface area contributed by atoms with Crippen molar-refractivity contribution in [2.24, 2.45) is 0 Å². The standard InChI is InChI=1S/C23H27BrN2O3/c1-3-5-6-9-15-29-21-13-12-17(24)16-19(21)23(28)26-20-11-8-7-10-18(20)22(27)25-14-4-2/h4,7-8,10-13,16H,2-3,5-6,9,14-15H2,1H3,(H,25,27)(H,26,28). The Bertz CT molecular complexity index is 852. The molecule has 2 rings (SSSR count). The molecule has 0 saturated heterocycles. The summed E-state index contributed by atoms with van der Waals surface area (Å²) < 4.78 is 6.63. The van der Waals surface area contributed by atoms with Crippen LogP contribution in [0.4, 0.5) is 5.69 Å². The molecule has 0 bridgehead atoms. The number of amides is 2. The van der Waals surface area contributed by atoms with Crippen molar-refractivity contribution in [3.63, 3.8) is 0 Å². The van der Waals surface area contributed by atoms with Crippen molar-refractivity contribution in [1.29, 1.82) is 0 Å². The van der Waals surface area contributed by atoms with E-state index in [0.29, 0.717) is 35.7 Å². The highest BCUT2D eigenvalue weighted by Crippen LogP contribution is 2.25. The number of carbonyl (C=O) groups excluding carboxylic acids is 2. The van der Waals surface area contributed by atoms with Gasteiger partial charge in [0, 0.05) is 11.0 Å². The molecule has 29 heavy (non-hydrogen) atoms. The molecule has 6 heteroatoms. The summed E-state index contributed by atoms with van der Waals surface area (Å²) >= 11 is 3.41. The van der Waals surface area contributed by atoms with E-state index in [9.17, 15) is 9.59 Å². The molecule has 2 N–H and O–H groups in total. The third-order valence-corrected chi connectivity index (χ3v) is 4.76. The van der Waals surface area contributed by atoms with Crippen molar-refractivity contribution in [3.05, 3.63) is 70.7 Å². The van der Waals surface area contributed by atoms with Gasteiger partial charge in [-0.3, -0.25) is 9.59 Å². The number of halogens is 1. The summed E-state index contributed by atoms with van der Waals surface area (Å²) in [5, 5.41) is 5.56. The number of hydrogen-bond donors (Lipinski definition) is 2. The summed E-state index contributed by atoms with van der Waals surface area (Å²) in [6.45, 7) is 6.66. The fourth-order valence-electron chi connectivity index (χ4n) is 2.76. The van der Waals surface area contributed by atoms with Crippen LogP contribution in [0.1, 0.15) is 53.3 Å². The second kappa shape index (κ2) is 12.1. The maximum absolute atomic E-state index is 13.0. The van der Waals surface area contributed by atoms with Crippen LogP contribution in [0.15, 0.2) is 59.6 Å². The van der Waals surface area contributed by atoms with Crippen molar-refractivity contribution in [1.82, 2.24) is 5.32 Å². The Morgan fingerprint density at radius 1 is 1.07 bits per heavy atom. The maximum atomic E-state index is 13.0. The molecule has 0 radical (unpaired) electrons. The Balaban J connectivity index is 2.15. The van der Waals surface area contributed by atoms with Crippen LogP contribution in [0, 0.1) is 0 Å².